The maximum Gasteiger partial charge on any atom is 0.319 e. The molecule has 2 heterocycles. The molecule has 10 nitrogen and oxygen atoms in total. The lowest BCUT2D eigenvalue weighted by Gasteiger charge is -2.12. The number of nitrogens with one attached hydrogen (secondary N) is 2. The van der Waals surface area contributed by atoms with E-state index in [1.54, 1.807) is 24.9 Å². The van der Waals surface area contributed by atoms with Crippen molar-refractivity contribution in [2.24, 2.45) is 12.8 Å². The molecule has 0 aromatic carbocycles. The highest BCUT2D eigenvalue weighted by Gasteiger charge is 2.14. The predicted molar refractivity (Wildman–Crippen MR) is 73.0 cm³/mol. The largest absolute Gasteiger partial charge is 0.368 e. The standard InChI is InChI=1S/C11H16N8O2/c1-7(10-17-13-6-18(10)2)15-11(21)16-8-3-14-19(4-8)5-9(12)20/h3-4,6-7H,5H2,1-2H3,(H2,12,20)(H2,15,16,21)/t7-/m1/s1. The first kappa shape index (κ1) is 14.5. The van der Waals surface area contributed by atoms with Crippen LogP contribution in [0.5, 0.6) is 0 Å². The minimum Gasteiger partial charge on any atom is -0.368 e. The summed E-state index contributed by atoms with van der Waals surface area (Å²) in [6.45, 7) is 1.75. The Bertz CT molecular complexity index is 646. The van der Waals surface area contributed by atoms with Gasteiger partial charge in [-0.25, -0.2) is 4.79 Å². The van der Waals surface area contributed by atoms with Crippen molar-refractivity contribution in [2.75, 3.05) is 5.32 Å². The summed E-state index contributed by atoms with van der Waals surface area (Å²) >= 11 is 0. The van der Waals surface area contributed by atoms with Gasteiger partial charge in [0, 0.05) is 13.2 Å². The van der Waals surface area contributed by atoms with E-state index >= 15 is 0 Å². The van der Waals surface area contributed by atoms with Gasteiger partial charge in [-0.3, -0.25) is 9.48 Å². The predicted octanol–water partition coefficient (Wildman–Crippen LogP) is -0.620. The number of amides is 3. The minimum absolute atomic E-state index is 0.0430. The summed E-state index contributed by atoms with van der Waals surface area (Å²) in [5, 5.41) is 16.9. The second-order valence-electron chi connectivity index (χ2n) is 4.51. The molecule has 2 aromatic heterocycles. The van der Waals surface area contributed by atoms with E-state index in [0.717, 1.165) is 0 Å². The van der Waals surface area contributed by atoms with Crippen LogP contribution in [0, 0.1) is 0 Å². The van der Waals surface area contributed by atoms with Gasteiger partial charge in [-0.15, -0.1) is 10.2 Å². The molecule has 1 atom stereocenters. The van der Waals surface area contributed by atoms with Gasteiger partial charge in [0.2, 0.25) is 5.91 Å². The lowest BCUT2D eigenvalue weighted by molar-refractivity contribution is -0.118. The van der Waals surface area contributed by atoms with Crippen molar-refractivity contribution in [3.63, 3.8) is 0 Å². The molecule has 0 unspecified atom stereocenters. The van der Waals surface area contributed by atoms with Gasteiger partial charge in [0.25, 0.3) is 0 Å². The summed E-state index contributed by atoms with van der Waals surface area (Å²) in [7, 11) is 1.79. The van der Waals surface area contributed by atoms with Crippen LogP contribution in [-0.4, -0.2) is 36.5 Å². The van der Waals surface area contributed by atoms with E-state index in [4.69, 9.17) is 5.73 Å². The normalized spacial score (nSPS) is 11.9. The summed E-state index contributed by atoms with van der Waals surface area (Å²) in [6, 6.07) is -0.720. The molecule has 2 rings (SSSR count). The van der Waals surface area contributed by atoms with Crippen molar-refractivity contribution < 1.29 is 9.59 Å². The second-order valence-corrected chi connectivity index (χ2v) is 4.51. The number of primary amides is 1. The van der Waals surface area contributed by atoms with Crippen molar-refractivity contribution in [1.29, 1.82) is 0 Å². The number of carbonyl (C=O) groups excluding carboxylic acids is 2. The Labute approximate surface area is 120 Å². The van der Waals surface area contributed by atoms with Crippen molar-refractivity contribution >= 4 is 17.6 Å². The molecular formula is C11H16N8O2. The first-order valence-corrected chi connectivity index (χ1v) is 6.18. The molecule has 0 aliphatic carbocycles. The highest BCUT2D eigenvalue weighted by atomic mass is 16.2. The van der Waals surface area contributed by atoms with Crippen LogP contribution >= 0.6 is 0 Å². The van der Waals surface area contributed by atoms with Gasteiger partial charge >= 0.3 is 6.03 Å². The van der Waals surface area contributed by atoms with Crippen LogP contribution in [0.15, 0.2) is 18.7 Å². The number of rotatable bonds is 5. The lowest BCUT2D eigenvalue weighted by Crippen LogP contribution is -2.32. The van der Waals surface area contributed by atoms with Gasteiger partial charge in [0.1, 0.15) is 12.9 Å². The average Bonchev–Trinajstić information content (AvgIpc) is 2.97. The van der Waals surface area contributed by atoms with Crippen molar-refractivity contribution in [3.05, 3.63) is 24.5 Å². The summed E-state index contributed by atoms with van der Waals surface area (Å²) in [4.78, 5) is 22.6. The van der Waals surface area contributed by atoms with Crippen LogP contribution in [0.2, 0.25) is 0 Å². The lowest BCUT2D eigenvalue weighted by atomic mass is 10.3. The molecule has 0 spiro atoms. The number of nitrogens with zero attached hydrogens (tertiary/aromatic N) is 5. The molecule has 0 saturated carbocycles. The Morgan fingerprint density at radius 2 is 2.24 bits per heavy atom. The molecule has 112 valence electrons. The van der Waals surface area contributed by atoms with Crippen LogP contribution in [-0.2, 0) is 18.4 Å². The van der Waals surface area contributed by atoms with Gasteiger partial charge in [-0.1, -0.05) is 0 Å². The molecule has 0 radical (unpaired) electrons. The van der Waals surface area contributed by atoms with Gasteiger partial charge in [-0.05, 0) is 6.92 Å². The van der Waals surface area contributed by atoms with E-state index in [2.05, 4.69) is 25.9 Å². The Kier molecular flexibility index (Phi) is 4.16. The van der Waals surface area contributed by atoms with Crippen LogP contribution in [0.25, 0.3) is 0 Å². The van der Waals surface area contributed by atoms with Crippen molar-refractivity contribution in [1.82, 2.24) is 29.9 Å². The van der Waals surface area contributed by atoms with Crippen LogP contribution in [0.1, 0.15) is 18.8 Å². The maximum atomic E-state index is 11.9. The van der Waals surface area contributed by atoms with E-state index in [9.17, 15) is 9.59 Å². The third-order valence-electron chi connectivity index (χ3n) is 2.69. The summed E-state index contributed by atoms with van der Waals surface area (Å²) in [6.07, 6.45) is 4.49. The Hall–Kier alpha value is -2.91. The monoisotopic (exact) mass is 292 g/mol. The maximum absolute atomic E-state index is 11.9. The molecule has 0 bridgehead atoms. The van der Waals surface area contributed by atoms with Gasteiger partial charge in [0.05, 0.1) is 17.9 Å². The Morgan fingerprint density at radius 3 is 2.86 bits per heavy atom. The fourth-order valence-corrected chi connectivity index (χ4v) is 1.79. The van der Waals surface area contributed by atoms with E-state index in [1.807, 2.05) is 0 Å². The summed E-state index contributed by atoms with van der Waals surface area (Å²) < 4.78 is 3.06. The number of anilines is 1. The van der Waals surface area contributed by atoms with Crippen LogP contribution < -0.4 is 16.4 Å². The molecule has 4 N–H and O–H groups in total. The molecule has 3 amide bonds. The molecule has 10 heteroatoms. The Balaban J connectivity index is 1.91. The highest BCUT2D eigenvalue weighted by molar-refractivity contribution is 5.89. The molecule has 0 aliphatic heterocycles. The zero-order valence-corrected chi connectivity index (χ0v) is 11.6. The second kappa shape index (κ2) is 6.03. The van der Waals surface area contributed by atoms with Crippen LogP contribution in [0.4, 0.5) is 10.5 Å². The fourth-order valence-electron chi connectivity index (χ4n) is 1.79. The molecule has 0 saturated heterocycles. The number of carbonyl (C=O) groups is 2. The van der Waals surface area contributed by atoms with Gasteiger partial charge in [-0.2, -0.15) is 5.10 Å². The molecule has 21 heavy (non-hydrogen) atoms. The SMILES string of the molecule is C[C@@H](NC(=O)Nc1cnn(CC(N)=O)c1)c1nncn1C. The van der Waals surface area contributed by atoms with Crippen molar-refractivity contribution in [3.8, 4) is 0 Å². The first-order valence-electron chi connectivity index (χ1n) is 6.18. The average molecular weight is 292 g/mol. The minimum atomic E-state index is -0.509. The van der Waals surface area contributed by atoms with E-state index in [0.29, 0.717) is 11.5 Å². The fraction of sp³-hybridized carbons (Fsp3) is 0.364. The smallest absolute Gasteiger partial charge is 0.319 e. The summed E-state index contributed by atoms with van der Waals surface area (Å²) in [5.74, 6) is 0.125. The molecular weight excluding hydrogens is 276 g/mol. The molecule has 2 aromatic rings. The number of urea groups is 1. The highest BCUT2D eigenvalue weighted by Crippen LogP contribution is 2.09. The number of hydrogen-bond donors (Lipinski definition) is 3. The zero-order valence-electron chi connectivity index (χ0n) is 11.6. The van der Waals surface area contributed by atoms with Crippen molar-refractivity contribution in [2.45, 2.75) is 19.5 Å². The number of aryl methyl sites for hydroxylation is 1. The summed E-state index contributed by atoms with van der Waals surface area (Å²) in [5.41, 5.74) is 5.51. The van der Waals surface area contributed by atoms with Gasteiger partial charge in [0.15, 0.2) is 5.82 Å². The van der Waals surface area contributed by atoms with E-state index in [1.165, 1.54) is 17.1 Å². The van der Waals surface area contributed by atoms with Gasteiger partial charge < -0.3 is 20.9 Å². The number of hydrogen-bond acceptors (Lipinski definition) is 5. The Morgan fingerprint density at radius 1 is 1.48 bits per heavy atom. The van der Waals surface area contributed by atoms with E-state index in [-0.39, 0.29) is 12.6 Å². The topological polar surface area (TPSA) is 133 Å². The third kappa shape index (κ3) is 3.78. The molecule has 0 aliphatic rings. The third-order valence-corrected chi connectivity index (χ3v) is 2.69. The number of aromatic nitrogens is 5. The first-order chi connectivity index (χ1) is 9.95. The van der Waals surface area contributed by atoms with Crippen LogP contribution in [0.3, 0.4) is 0 Å². The zero-order chi connectivity index (χ0) is 15.4. The van der Waals surface area contributed by atoms with E-state index < -0.39 is 11.9 Å². The quantitative estimate of drug-likeness (QED) is 0.675. The molecule has 0 fully saturated rings. The number of nitrogens with two attached hydrogens (primary N) is 1.